The van der Waals surface area contributed by atoms with E-state index < -0.39 is 0 Å². The van der Waals surface area contributed by atoms with E-state index in [2.05, 4.69) is 4.98 Å². The third kappa shape index (κ3) is 1.93. The monoisotopic (exact) mass is 213 g/mol. The molecule has 0 amide bonds. The van der Waals surface area contributed by atoms with Crippen LogP contribution in [0.25, 0.3) is 0 Å². The number of hydrogen-bond donors (Lipinski definition) is 1. The third-order valence-electron chi connectivity index (χ3n) is 2.41. The molecule has 2 rings (SSSR count). The molecule has 2 aromatic rings. The lowest BCUT2D eigenvalue weighted by atomic mass is 10.0. The van der Waals surface area contributed by atoms with Gasteiger partial charge in [0.25, 0.3) is 0 Å². The zero-order chi connectivity index (χ0) is 11.5. The molecular weight excluding hydrogens is 202 g/mol. The van der Waals surface area contributed by atoms with Gasteiger partial charge in [-0.25, -0.2) is 0 Å². The molecule has 16 heavy (non-hydrogen) atoms. The molecule has 1 N–H and O–H groups in total. The van der Waals surface area contributed by atoms with Crippen molar-refractivity contribution in [2.45, 2.75) is 6.92 Å². The lowest BCUT2D eigenvalue weighted by molar-refractivity contribution is 0.103. The molecule has 0 aliphatic rings. The fourth-order valence-corrected chi connectivity index (χ4v) is 1.56. The number of nitrogens with one attached hydrogen (secondary N) is 1. The first-order chi connectivity index (χ1) is 7.68. The first-order valence-electron chi connectivity index (χ1n) is 4.97. The summed E-state index contributed by atoms with van der Waals surface area (Å²) in [4.78, 5) is 25.6. The molecule has 3 nitrogen and oxygen atoms in total. The number of carbonyl (C=O) groups is 1. The van der Waals surface area contributed by atoms with E-state index in [4.69, 9.17) is 0 Å². The van der Waals surface area contributed by atoms with Crippen LogP contribution < -0.4 is 5.56 Å². The summed E-state index contributed by atoms with van der Waals surface area (Å²) in [6.07, 6.45) is 1.47. The van der Waals surface area contributed by atoms with Crippen LogP contribution in [0.1, 0.15) is 21.5 Å². The van der Waals surface area contributed by atoms with Crippen molar-refractivity contribution in [3.63, 3.8) is 0 Å². The molecular formula is C13H11NO2. The number of aromatic nitrogens is 1. The van der Waals surface area contributed by atoms with Crippen LogP contribution in [0.5, 0.6) is 0 Å². The van der Waals surface area contributed by atoms with E-state index in [0.29, 0.717) is 16.7 Å². The lowest BCUT2D eigenvalue weighted by Gasteiger charge is -2.03. The highest BCUT2D eigenvalue weighted by molar-refractivity contribution is 6.09. The van der Waals surface area contributed by atoms with Gasteiger partial charge in [0.05, 0.1) is 0 Å². The Bertz CT molecular complexity index is 570. The van der Waals surface area contributed by atoms with E-state index in [9.17, 15) is 9.59 Å². The molecule has 0 unspecified atom stereocenters. The van der Waals surface area contributed by atoms with Gasteiger partial charge in [0.1, 0.15) is 0 Å². The Kier molecular flexibility index (Phi) is 2.68. The number of pyridine rings is 1. The second-order valence-corrected chi connectivity index (χ2v) is 3.59. The van der Waals surface area contributed by atoms with Gasteiger partial charge in [-0.3, -0.25) is 9.59 Å². The highest BCUT2D eigenvalue weighted by Crippen LogP contribution is 2.10. The first-order valence-corrected chi connectivity index (χ1v) is 4.97. The Morgan fingerprint density at radius 1 is 1.19 bits per heavy atom. The molecule has 0 saturated heterocycles. The van der Waals surface area contributed by atoms with Gasteiger partial charge in [-0.15, -0.1) is 0 Å². The van der Waals surface area contributed by atoms with Crippen molar-refractivity contribution in [2.75, 3.05) is 0 Å². The van der Waals surface area contributed by atoms with Crippen LogP contribution in [0.3, 0.4) is 0 Å². The summed E-state index contributed by atoms with van der Waals surface area (Å²) in [7, 11) is 0. The maximum Gasteiger partial charge on any atom is 0.248 e. The third-order valence-corrected chi connectivity index (χ3v) is 2.41. The van der Waals surface area contributed by atoms with Gasteiger partial charge in [-0.1, -0.05) is 30.3 Å². The predicted molar refractivity (Wildman–Crippen MR) is 61.7 cm³/mol. The number of rotatable bonds is 2. The fraction of sp³-hybridized carbons (Fsp3) is 0.0769. The average Bonchev–Trinajstić information content (AvgIpc) is 2.29. The maximum absolute atomic E-state index is 12.1. The van der Waals surface area contributed by atoms with Gasteiger partial charge < -0.3 is 4.98 Å². The van der Waals surface area contributed by atoms with Crippen LogP contribution in [0.4, 0.5) is 0 Å². The Labute approximate surface area is 92.8 Å². The minimum Gasteiger partial charge on any atom is -0.328 e. The molecule has 0 aliphatic heterocycles. The smallest absolute Gasteiger partial charge is 0.248 e. The van der Waals surface area contributed by atoms with Crippen LogP contribution in [0, 0.1) is 6.92 Å². The quantitative estimate of drug-likeness (QED) is 0.775. The summed E-state index contributed by atoms with van der Waals surface area (Å²) in [6, 6.07) is 10.4. The van der Waals surface area contributed by atoms with Crippen LogP contribution in [0.2, 0.25) is 0 Å². The summed E-state index contributed by atoms with van der Waals surface area (Å²) in [5, 5.41) is 0. The molecule has 0 atom stereocenters. The summed E-state index contributed by atoms with van der Waals surface area (Å²) in [6.45, 7) is 1.76. The minimum atomic E-state index is -0.192. The molecule has 0 fully saturated rings. The van der Waals surface area contributed by atoms with Crippen molar-refractivity contribution < 1.29 is 4.79 Å². The number of aryl methyl sites for hydroxylation is 1. The van der Waals surface area contributed by atoms with Crippen molar-refractivity contribution in [1.29, 1.82) is 0 Å². The molecule has 0 bridgehead atoms. The van der Waals surface area contributed by atoms with Crippen molar-refractivity contribution in [3.05, 3.63) is 69.6 Å². The lowest BCUT2D eigenvalue weighted by Crippen LogP contribution is -2.11. The largest absolute Gasteiger partial charge is 0.328 e. The number of benzene rings is 1. The van der Waals surface area contributed by atoms with Crippen molar-refractivity contribution in [3.8, 4) is 0 Å². The van der Waals surface area contributed by atoms with Crippen molar-refractivity contribution in [2.24, 2.45) is 0 Å². The number of H-pyrrole nitrogens is 1. The van der Waals surface area contributed by atoms with Crippen LogP contribution in [-0.4, -0.2) is 10.8 Å². The Morgan fingerprint density at radius 3 is 2.50 bits per heavy atom. The van der Waals surface area contributed by atoms with E-state index in [0.717, 1.165) is 0 Å². The normalized spacial score (nSPS) is 10.1. The number of ketones is 1. The van der Waals surface area contributed by atoms with E-state index in [1.54, 1.807) is 19.1 Å². The Hall–Kier alpha value is -2.16. The standard InChI is InChI=1S/C13H11NO2/c1-9-7-12(15)14-8-11(9)13(16)10-5-3-2-4-6-10/h2-8H,1H3,(H,14,15). The van der Waals surface area contributed by atoms with Crippen LogP contribution in [-0.2, 0) is 0 Å². The zero-order valence-electron chi connectivity index (χ0n) is 8.86. The number of aromatic amines is 1. The molecule has 1 heterocycles. The maximum atomic E-state index is 12.1. The van der Waals surface area contributed by atoms with Crippen LogP contribution in [0.15, 0.2) is 47.4 Å². The second kappa shape index (κ2) is 4.14. The molecule has 0 saturated carbocycles. The molecule has 0 radical (unpaired) electrons. The van der Waals surface area contributed by atoms with E-state index >= 15 is 0 Å². The van der Waals surface area contributed by atoms with Gasteiger partial charge in [-0.2, -0.15) is 0 Å². The summed E-state index contributed by atoms with van der Waals surface area (Å²) < 4.78 is 0. The Morgan fingerprint density at radius 2 is 1.88 bits per heavy atom. The SMILES string of the molecule is Cc1cc(=O)[nH]cc1C(=O)c1ccccc1. The molecule has 1 aromatic heterocycles. The Balaban J connectivity index is 2.46. The molecule has 80 valence electrons. The van der Waals surface area contributed by atoms with Crippen LogP contribution >= 0.6 is 0 Å². The van der Waals surface area contributed by atoms with E-state index in [1.807, 2.05) is 18.2 Å². The second-order valence-electron chi connectivity index (χ2n) is 3.59. The topological polar surface area (TPSA) is 49.9 Å². The molecule has 0 spiro atoms. The summed E-state index contributed by atoms with van der Waals surface area (Å²) >= 11 is 0. The van der Waals surface area contributed by atoms with Gasteiger partial charge >= 0.3 is 0 Å². The average molecular weight is 213 g/mol. The predicted octanol–water partition coefficient (Wildman–Crippen LogP) is 1.91. The van der Waals surface area contributed by atoms with Gasteiger partial charge in [0, 0.05) is 23.4 Å². The van der Waals surface area contributed by atoms with Gasteiger partial charge in [-0.05, 0) is 12.5 Å². The highest BCUT2D eigenvalue weighted by Gasteiger charge is 2.11. The summed E-state index contributed by atoms with van der Waals surface area (Å²) in [5.74, 6) is -0.0747. The molecule has 0 aliphatic carbocycles. The van der Waals surface area contributed by atoms with Gasteiger partial charge in [0.2, 0.25) is 5.56 Å². The van der Waals surface area contributed by atoms with E-state index in [-0.39, 0.29) is 11.3 Å². The van der Waals surface area contributed by atoms with E-state index in [1.165, 1.54) is 12.3 Å². The number of carbonyl (C=O) groups excluding carboxylic acids is 1. The molecule has 1 aromatic carbocycles. The highest BCUT2D eigenvalue weighted by atomic mass is 16.1. The van der Waals surface area contributed by atoms with Gasteiger partial charge in [0.15, 0.2) is 5.78 Å². The zero-order valence-corrected chi connectivity index (χ0v) is 8.86. The molecule has 3 heteroatoms. The minimum absolute atomic E-state index is 0.0747. The fourth-order valence-electron chi connectivity index (χ4n) is 1.56. The number of hydrogen-bond acceptors (Lipinski definition) is 2. The van der Waals surface area contributed by atoms with Crippen molar-refractivity contribution in [1.82, 2.24) is 4.98 Å². The first kappa shape index (κ1) is 10.4. The summed E-state index contributed by atoms with van der Waals surface area (Å²) in [5.41, 5.74) is 1.66. The van der Waals surface area contributed by atoms with Crippen molar-refractivity contribution >= 4 is 5.78 Å².